The van der Waals surface area contributed by atoms with Gasteiger partial charge in [0.1, 0.15) is 0 Å². The highest BCUT2D eigenvalue weighted by Crippen LogP contribution is 2.19. The summed E-state index contributed by atoms with van der Waals surface area (Å²) in [5.74, 6) is 1.32. The topological polar surface area (TPSA) is 22.1 Å². The van der Waals surface area contributed by atoms with E-state index in [4.69, 9.17) is 4.74 Å². The van der Waals surface area contributed by atoms with E-state index in [1.54, 1.807) is 6.20 Å². The number of aryl methyl sites for hydroxylation is 1. The van der Waals surface area contributed by atoms with Crippen molar-refractivity contribution in [3.8, 4) is 5.88 Å². The Morgan fingerprint density at radius 3 is 2.87 bits per heavy atom. The first kappa shape index (κ1) is 12.5. The minimum Gasteiger partial charge on any atom is -0.477 e. The molecule has 0 aromatic carbocycles. The molecule has 0 spiro atoms. The van der Waals surface area contributed by atoms with Gasteiger partial charge in [0.15, 0.2) is 0 Å². The number of aromatic nitrogens is 1. The average Bonchev–Trinajstić information content (AvgIpc) is 2.20. The largest absolute Gasteiger partial charge is 0.477 e. The molecule has 0 saturated heterocycles. The molecular weight excluding hydrogens is 254 g/mol. The normalized spacial score (nSPS) is 12.5. The molecule has 1 rings (SSSR count). The van der Waals surface area contributed by atoms with E-state index in [2.05, 4.69) is 34.8 Å². The van der Waals surface area contributed by atoms with Gasteiger partial charge >= 0.3 is 0 Å². The molecule has 84 valence electrons. The standard InChI is InChI=1S/C12H18BrNO/c1-4-5-9(2)8-15-12-6-10(3)11(13)7-14-12/h6-7,9H,4-5,8H2,1-3H3. The van der Waals surface area contributed by atoms with Crippen LogP contribution in [0.5, 0.6) is 5.88 Å². The van der Waals surface area contributed by atoms with Crippen molar-refractivity contribution >= 4 is 15.9 Å². The van der Waals surface area contributed by atoms with E-state index in [-0.39, 0.29) is 0 Å². The van der Waals surface area contributed by atoms with Crippen molar-refractivity contribution in [3.05, 3.63) is 22.3 Å². The molecule has 0 aliphatic heterocycles. The molecule has 3 heteroatoms. The molecule has 0 aliphatic carbocycles. The van der Waals surface area contributed by atoms with Gasteiger partial charge in [0.25, 0.3) is 0 Å². The predicted molar refractivity (Wildman–Crippen MR) is 66.2 cm³/mol. The second kappa shape index (κ2) is 6.11. The summed E-state index contributed by atoms with van der Waals surface area (Å²) in [6.07, 6.45) is 4.20. The highest BCUT2D eigenvalue weighted by Gasteiger charge is 2.04. The molecule has 1 aromatic heterocycles. The van der Waals surface area contributed by atoms with Gasteiger partial charge in [-0.05, 0) is 40.8 Å². The molecule has 1 unspecified atom stereocenters. The molecule has 1 heterocycles. The monoisotopic (exact) mass is 271 g/mol. The zero-order valence-electron chi connectivity index (χ0n) is 9.59. The first-order valence-electron chi connectivity index (χ1n) is 5.38. The Bertz CT molecular complexity index is 314. The van der Waals surface area contributed by atoms with Crippen LogP contribution in [-0.4, -0.2) is 11.6 Å². The Hall–Kier alpha value is -0.570. The van der Waals surface area contributed by atoms with Crippen molar-refractivity contribution in [1.29, 1.82) is 0 Å². The van der Waals surface area contributed by atoms with Gasteiger partial charge in [-0.15, -0.1) is 0 Å². The highest BCUT2D eigenvalue weighted by atomic mass is 79.9. The Morgan fingerprint density at radius 2 is 2.27 bits per heavy atom. The summed E-state index contributed by atoms with van der Waals surface area (Å²) in [5, 5.41) is 0. The van der Waals surface area contributed by atoms with Crippen LogP contribution in [0.1, 0.15) is 32.3 Å². The van der Waals surface area contributed by atoms with Gasteiger partial charge in [0, 0.05) is 16.7 Å². The maximum absolute atomic E-state index is 5.62. The summed E-state index contributed by atoms with van der Waals surface area (Å²) in [6, 6.07) is 1.96. The van der Waals surface area contributed by atoms with E-state index in [9.17, 15) is 0 Å². The van der Waals surface area contributed by atoms with E-state index in [1.807, 2.05) is 13.0 Å². The van der Waals surface area contributed by atoms with Crippen LogP contribution in [0.3, 0.4) is 0 Å². The first-order valence-corrected chi connectivity index (χ1v) is 6.17. The number of hydrogen-bond acceptors (Lipinski definition) is 2. The fourth-order valence-electron chi connectivity index (χ4n) is 1.40. The lowest BCUT2D eigenvalue weighted by Crippen LogP contribution is -2.09. The summed E-state index contributed by atoms with van der Waals surface area (Å²) >= 11 is 3.42. The molecule has 0 fully saturated rings. The maximum atomic E-state index is 5.62. The van der Waals surface area contributed by atoms with Gasteiger partial charge in [-0.1, -0.05) is 20.3 Å². The third-order valence-corrected chi connectivity index (χ3v) is 3.15. The number of halogens is 1. The van der Waals surface area contributed by atoms with Gasteiger partial charge in [0.2, 0.25) is 5.88 Å². The third-order valence-electron chi connectivity index (χ3n) is 2.32. The molecular formula is C12H18BrNO. The molecule has 0 saturated carbocycles. The lowest BCUT2D eigenvalue weighted by molar-refractivity contribution is 0.243. The van der Waals surface area contributed by atoms with E-state index in [0.29, 0.717) is 5.92 Å². The lowest BCUT2D eigenvalue weighted by atomic mass is 10.1. The van der Waals surface area contributed by atoms with E-state index >= 15 is 0 Å². The van der Waals surface area contributed by atoms with E-state index in [1.165, 1.54) is 12.8 Å². The van der Waals surface area contributed by atoms with Crippen LogP contribution in [0.15, 0.2) is 16.7 Å². The van der Waals surface area contributed by atoms with Crippen LogP contribution < -0.4 is 4.74 Å². The van der Waals surface area contributed by atoms with Gasteiger partial charge in [-0.25, -0.2) is 4.98 Å². The predicted octanol–water partition coefficient (Wildman–Crippen LogP) is 3.97. The smallest absolute Gasteiger partial charge is 0.213 e. The summed E-state index contributed by atoms with van der Waals surface area (Å²) < 4.78 is 6.65. The lowest BCUT2D eigenvalue weighted by Gasteiger charge is -2.11. The van der Waals surface area contributed by atoms with Crippen LogP contribution >= 0.6 is 15.9 Å². The number of pyridine rings is 1. The van der Waals surface area contributed by atoms with Crippen molar-refractivity contribution < 1.29 is 4.74 Å². The minimum absolute atomic E-state index is 0.598. The average molecular weight is 272 g/mol. The Labute approximate surface area is 100 Å². The SMILES string of the molecule is CCCC(C)COc1cc(C)c(Br)cn1. The zero-order valence-corrected chi connectivity index (χ0v) is 11.2. The molecule has 0 bridgehead atoms. The quantitative estimate of drug-likeness (QED) is 0.809. The van der Waals surface area contributed by atoms with Crippen molar-refractivity contribution in [3.63, 3.8) is 0 Å². The summed E-state index contributed by atoms with van der Waals surface area (Å²) in [6.45, 7) is 7.18. The van der Waals surface area contributed by atoms with Gasteiger partial charge in [0.05, 0.1) is 6.61 Å². The van der Waals surface area contributed by atoms with Crippen molar-refractivity contribution in [2.24, 2.45) is 5.92 Å². The number of ether oxygens (including phenoxy) is 1. The van der Waals surface area contributed by atoms with Crippen LogP contribution in [-0.2, 0) is 0 Å². The van der Waals surface area contributed by atoms with Crippen LogP contribution in [0.25, 0.3) is 0 Å². The van der Waals surface area contributed by atoms with Crippen molar-refractivity contribution in [2.45, 2.75) is 33.6 Å². The van der Waals surface area contributed by atoms with Crippen LogP contribution in [0.4, 0.5) is 0 Å². The second-order valence-electron chi connectivity index (χ2n) is 3.98. The Morgan fingerprint density at radius 1 is 1.53 bits per heavy atom. The van der Waals surface area contributed by atoms with Crippen molar-refractivity contribution in [1.82, 2.24) is 4.98 Å². The van der Waals surface area contributed by atoms with Gasteiger partial charge in [-0.3, -0.25) is 0 Å². The number of rotatable bonds is 5. The fourth-order valence-corrected chi connectivity index (χ4v) is 1.61. The Balaban J connectivity index is 2.47. The summed E-state index contributed by atoms with van der Waals surface area (Å²) in [7, 11) is 0. The summed E-state index contributed by atoms with van der Waals surface area (Å²) in [4.78, 5) is 4.20. The van der Waals surface area contributed by atoms with E-state index in [0.717, 1.165) is 22.5 Å². The van der Waals surface area contributed by atoms with Crippen molar-refractivity contribution in [2.75, 3.05) is 6.61 Å². The summed E-state index contributed by atoms with van der Waals surface area (Å²) in [5.41, 5.74) is 1.16. The molecule has 2 nitrogen and oxygen atoms in total. The van der Waals surface area contributed by atoms with Crippen LogP contribution in [0, 0.1) is 12.8 Å². The number of nitrogens with zero attached hydrogens (tertiary/aromatic N) is 1. The fraction of sp³-hybridized carbons (Fsp3) is 0.583. The van der Waals surface area contributed by atoms with Gasteiger partial charge in [-0.2, -0.15) is 0 Å². The van der Waals surface area contributed by atoms with Gasteiger partial charge < -0.3 is 4.74 Å². The zero-order chi connectivity index (χ0) is 11.3. The first-order chi connectivity index (χ1) is 7.13. The molecule has 0 radical (unpaired) electrons. The number of hydrogen-bond donors (Lipinski definition) is 0. The maximum Gasteiger partial charge on any atom is 0.213 e. The highest BCUT2D eigenvalue weighted by molar-refractivity contribution is 9.10. The second-order valence-corrected chi connectivity index (χ2v) is 4.83. The molecule has 1 atom stereocenters. The molecule has 1 aromatic rings. The van der Waals surface area contributed by atoms with E-state index < -0.39 is 0 Å². The minimum atomic E-state index is 0.598. The molecule has 0 aliphatic rings. The van der Waals surface area contributed by atoms with Crippen LogP contribution in [0.2, 0.25) is 0 Å². The third kappa shape index (κ3) is 4.20. The molecule has 0 amide bonds. The Kier molecular flexibility index (Phi) is 5.09. The molecule has 15 heavy (non-hydrogen) atoms. The molecule has 0 N–H and O–H groups in total.